The van der Waals surface area contributed by atoms with Gasteiger partial charge in [0.2, 0.25) is 11.1 Å². The molecule has 0 aliphatic rings. The highest BCUT2D eigenvalue weighted by molar-refractivity contribution is 9.10. The Labute approximate surface area is 140 Å². The van der Waals surface area contributed by atoms with Gasteiger partial charge in [0, 0.05) is 24.1 Å². The summed E-state index contributed by atoms with van der Waals surface area (Å²) in [6, 6.07) is 7.61. The zero-order valence-corrected chi connectivity index (χ0v) is 14.7. The molecule has 0 bridgehead atoms. The number of carbonyl (C=O) groups is 2. The number of amides is 1. The van der Waals surface area contributed by atoms with Crippen molar-refractivity contribution in [2.24, 2.45) is 0 Å². The van der Waals surface area contributed by atoms with Crippen LogP contribution in [0.3, 0.4) is 0 Å². The molecule has 116 valence electrons. The second kappa shape index (κ2) is 7.06. The first kappa shape index (κ1) is 16.7. The fraction of sp³-hybridized carbons (Fsp3) is 0.286. The standard InChI is InChI=1S/C14H15BrN4O2S/c1-8(20)11(13(21)19(2)3)22-14-16-12(17-18-14)9-5-4-6-10(15)7-9/h4-7,11H,1-3H3,(H,16,17,18)/t11-/m1/s1. The first-order valence-corrected chi connectivity index (χ1v) is 8.12. The number of hydrogen-bond donors (Lipinski definition) is 1. The quantitative estimate of drug-likeness (QED) is 0.634. The number of nitrogens with zero attached hydrogens (tertiary/aromatic N) is 3. The second-order valence-electron chi connectivity index (χ2n) is 4.82. The van der Waals surface area contributed by atoms with Crippen molar-refractivity contribution in [3.8, 4) is 11.4 Å². The lowest BCUT2D eigenvalue weighted by Gasteiger charge is -2.16. The Morgan fingerprint density at radius 2 is 2.09 bits per heavy atom. The number of hydrogen-bond acceptors (Lipinski definition) is 5. The lowest BCUT2D eigenvalue weighted by atomic mass is 10.2. The third-order valence-corrected chi connectivity index (χ3v) is 4.48. The molecule has 8 heteroatoms. The van der Waals surface area contributed by atoms with Crippen LogP contribution in [-0.4, -0.2) is 51.1 Å². The minimum Gasteiger partial charge on any atom is -0.347 e. The van der Waals surface area contributed by atoms with Gasteiger partial charge in [-0.15, -0.1) is 5.10 Å². The van der Waals surface area contributed by atoms with Crippen LogP contribution in [0.4, 0.5) is 0 Å². The summed E-state index contributed by atoms with van der Waals surface area (Å²) < 4.78 is 0.931. The van der Waals surface area contributed by atoms with Crippen molar-refractivity contribution in [3.05, 3.63) is 28.7 Å². The van der Waals surface area contributed by atoms with E-state index in [0.717, 1.165) is 21.8 Å². The molecule has 0 unspecified atom stereocenters. The number of nitrogens with one attached hydrogen (secondary N) is 1. The van der Waals surface area contributed by atoms with Gasteiger partial charge in [0.25, 0.3) is 0 Å². The number of Topliss-reactive ketones (excluding diaryl/α,β-unsaturated/α-hetero) is 1. The van der Waals surface area contributed by atoms with Gasteiger partial charge in [0.1, 0.15) is 5.25 Å². The molecule has 2 rings (SSSR count). The topological polar surface area (TPSA) is 79.0 Å². The van der Waals surface area contributed by atoms with Crippen LogP contribution in [0, 0.1) is 0 Å². The number of halogens is 1. The average molecular weight is 383 g/mol. The molecule has 1 heterocycles. The summed E-state index contributed by atoms with van der Waals surface area (Å²) in [5, 5.41) is 6.43. The molecule has 2 aromatic rings. The predicted molar refractivity (Wildman–Crippen MR) is 88.5 cm³/mol. The van der Waals surface area contributed by atoms with Crippen molar-refractivity contribution in [3.63, 3.8) is 0 Å². The Kier molecular flexibility index (Phi) is 5.36. The highest BCUT2D eigenvalue weighted by Gasteiger charge is 2.27. The monoisotopic (exact) mass is 382 g/mol. The molecule has 0 fully saturated rings. The second-order valence-corrected chi connectivity index (χ2v) is 6.81. The van der Waals surface area contributed by atoms with Crippen LogP contribution < -0.4 is 0 Å². The molecule has 0 spiro atoms. The van der Waals surface area contributed by atoms with Crippen LogP contribution in [0.15, 0.2) is 33.9 Å². The molecule has 1 amide bonds. The summed E-state index contributed by atoms with van der Waals surface area (Å²) >= 11 is 4.45. The normalized spacial score (nSPS) is 12.0. The Morgan fingerprint density at radius 3 is 2.68 bits per heavy atom. The van der Waals surface area contributed by atoms with Crippen LogP contribution in [0.25, 0.3) is 11.4 Å². The van der Waals surface area contributed by atoms with Crippen molar-refractivity contribution in [1.29, 1.82) is 0 Å². The number of H-pyrrole nitrogens is 1. The van der Waals surface area contributed by atoms with Crippen molar-refractivity contribution >= 4 is 39.4 Å². The van der Waals surface area contributed by atoms with E-state index in [-0.39, 0.29) is 11.7 Å². The van der Waals surface area contributed by atoms with Crippen molar-refractivity contribution in [2.75, 3.05) is 14.1 Å². The molecule has 1 N–H and O–H groups in total. The summed E-state index contributed by atoms with van der Waals surface area (Å²) in [5.41, 5.74) is 0.868. The van der Waals surface area contributed by atoms with E-state index in [1.165, 1.54) is 11.8 Å². The van der Waals surface area contributed by atoms with Gasteiger partial charge in [-0.05, 0) is 19.1 Å². The Hall–Kier alpha value is -1.67. The molecule has 0 saturated heterocycles. The fourth-order valence-corrected chi connectivity index (χ4v) is 3.04. The summed E-state index contributed by atoms with van der Waals surface area (Å²) in [5.74, 6) is 0.0900. The minimum absolute atomic E-state index is 0.225. The van der Waals surface area contributed by atoms with Gasteiger partial charge < -0.3 is 4.90 Å². The third-order valence-electron chi connectivity index (χ3n) is 2.82. The summed E-state index contributed by atoms with van der Waals surface area (Å²) in [4.78, 5) is 29.4. The van der Waals surface area contributed by atoms with E-state index in [4.69, 9.17) is 0 Å². The van der Waals surface area contributed by atoms with E-state index in [1.807, 2.05) is 24.3 Å². The first-order valence-electron chi connectivity index (χ1n) is 6.45. The molecule has 22 heavy (non-hydrogen) atoms. The van der Waals surface area contributed by atoms with E-state index in [2.05, 4.69) is 31.1 Å². The van der Waals surface area contributed by atoms with Crippen LogP contribution in [-0.2, 0) is 9.59 Å². The summed E-state index contributed by atoms with van der Waals surface area (Å²) in [6.07, 6.45) is 0. The van der Waals surface area contributed by atoms with Crippen molar-refractivity contribution in [2.45, 2.75) is 17.3 Å². The molecule has 0 aliphatic carbocycles. The van der Waals surface area contributed by atoms with Crippen molar-refractivity contribution in [1.82, 2.24) is 20.1 Å². The van der Waals surface area contributed by atoms with E-state index in [9.17, 15) is 9.59 Å². The maximum absolute atomic E-state index is 12.0. The smallest absolute Gasteiger partial charge is 0.243 e. The maximum atomic E-state index is 12.0. The summed E-state index contributed by atoms with van der Waals surface area (Å²) in [6.45, 7) is 1.39. The zero-order valence-electron chi connectivity index (χ0n) is 12.3. The maximum Gasteiger partial charge on any atom is 0.243 e. The highest BCUT2D eigenvalue weighted by atomic mass is 79.9. The molecule has 0 saturated carbocycles. The molecule has 1 aromatic carbocycles. The van der Waals surface area contributed by atoms with Gasteiger partial charge in [0.05, 0.1) is 0 Å². The number of benzene rings is 1. The molecule has 0 radical (unpaired) electrons. The zero-order chi connectivity index (χ0) is 16.3. The van der Waals surface area contributed by atoms with Gasteiger partial charge in [-0.2, -0.15) is 0 Å². The largest absolute Gasteiger partial charge is 0.347 e. The van der Waals surface area contributed by atoms with E-state index in [1.54, 1.807) is 14.1 Å². The lowest BCUT2D eigenvalue weighted by molar-refractivity contribution is -0.132. The van der Waals surface area contributed by atoms with Crippen LogP contribution in [0.1, 0.15) is 6.92 Å². The van der Waals surface area contributed by atoms with E-state index < -0.39 is 5.25 Å². The number of aromatic amines is 1. The average Bonchev–Trinajstić information content (AvgIpc) is 2.92. The molecular formula is C14H15BrN4O2S. The number of thioether (sulfide) groups is 1. The van der Waals surface area contributed by atoms with Crippen LogP contribution >= 0.6 is 27.7 Å². The van der Waals surface area contributed by atoms with Gasteiger partial charge in [-0.25, -0.2) is 4.98 Å². The van der Waals surface area contributed by atoms with Gasteiger partial charge in [0.15, 0.2) is 11.6 Å². The van der Waals surface area contributed by atoms with Gasteiger partial charge in [-0.1, -0.05) is 39.8 Å². The van der Waals surface area contributed by atoms with Crippen LogP contribution in [0.2, 0.25) is 0 Å². The molecule has 1 aromatic heterocycles. The number of carbonyl (C=O) groups excluding carboxylic acids is 2. The Balaban J connectivity index is 2.20. The minimum atomic E-state index is -0.832. The fourth-order valence-electron chi connectivity index (χ4n) is 1.71. The van der Waals surface area contributed by atoms with Crippen LogP contribution in [0.5, 0.6) is 0 Å². The molecule has 0 aliphatic heterocycles. The lowest BCUT2D eigenvalue weighted by Crippen LogP contribution is -2.35. The Bertz CT molecular complexity index is 702. The number of ketones is 1. The predicted octanol–water partition coefficient (Wildman–Crippen LogP) is 2.37. The van der Waals surface area contributed by atoms with Gasteiger partial charge >= 0.3 is 0 Å². The Morgan fingerprint density at radius 1 is 1.36 bits per heavy atom. The van der Waals surface area contributed by atoms with E-state index >= 15 is 0 Å². The third kappa shape index (κ3) is 3.95. The SMILES string of the molecule is CC(=O)[C@@H](Sc1n[nH]c(-c2cccc(Br)c2)n1)C(=O)N(C)C. The molecule has 6 nitrogen and oxygen atoms in total. The molecular weight excluding hydrogens is 368 g/mol. The molecule has 1 atom stereocenters. The first-order chi connectivity index (χ1) is 10.4. The number of rotatable bonds is 5. The van der Waals surface area contributed by atoms with Crippen molar-refractivity contribution < 1.29 is 9.59 Å². The van der Waals surface area contributed by atoms with Gasteiger partial charge in [-0.3, -0.25) is 14.7 Å². The highest BCUT2D eigenvalue weighted by Crippen LogP contribution is 2.25. The number of aromatic nitrogens is 3. The summed E-state index contributed by atoms with van der Waals surface area (Å²) in [7, 11) is 3.23. The van der Waals surface area contributed by atoms with E-state index in [0.29, 0.717) is 11.0 Å².